The quantitative estimate of drug-likeness (QED) is 0.853. The molecule has 0 fully saturated rings. The molecule has 7 nitrogen and oxygen atoms in total. The summed E-state index contributed by atoms with van der Waals surface area (Å²) in [5, 5.41) is 6.77. The van der Waals surface area contributed by atoms with Gasteiger partial charge in [-0.25, -0.2) is 0 Å². The number of fused-ring (bicyclic) bond motifs is 1. The van der Waals surface area contributed by atoms with E-state index in [4.69, 9.17) is 0 Å². The monoisotopic (exact) mass is 327 g/mol. The standard InChI is InChI=1S/C13H12F3N5O2/c1-7-10-18-19-12(13(14,15)16)21(10)5-4-20(7)11(23)9-6-8(22)2-3-17-9/h2-3,6-7H,4-5H2,1H3,(H,17,22). The average molecular weight is 327 g/mol. The number of H-pyrrole nitrogens is 1. The van der Waals surface area contributed by atoms with Crippen LogP contribution in [0.5, 0.6) is 0 Å². The highest BCUT2D eigenvalue weighted by molar-refractivity contribution is 5.92. The third kappa shape index (κ3) is 2.60. The Morgan fingerprint density at radius 2 is 2.09 bits per heavy atom. The van der Waals surface area contributed by atoms with Gasteiger partial charge in [-0.2, -0.15) is 13.2 Å². The van der Waals surface area contributed by atoms with E-state index in [1.807, 2.05) is 0 Å². The molecule has 3 heterocycles. The van der Waals surface area contributed by atoms with Crippen LogP contribution in [0.15, 0.2) is 23.1 Å². The van der Waals surface area contributed by atoms with Crippen molar-refractivity contribution in [1.29, 1.82) is 0 Å². The zero-order valence-electron chi connectivity index (χ0n) is 12.0. The average Bonchev–Trinajstić information content (AvgIpc) is 2.92. The molecule has 0 saturated heterocycles. The molecule has 0 bridgehead atoms. The summed E-state index contributed by atoms with van der Waals surface area (Å²) in [6.07, 6.45) is -3.25. The number of hydrogen-bond acceptors (Lipinski definition) is 4. The molecule has 0 aromatic carbocycles. The predicted octanol–water partition coefficient (Wildman–Crippen LogP) is 1.20. The van der Waals surface area contributed by atoms with E-state index in [-0.39, 0.29) is 30.0 Å². The van der Waals surface area contributed by atoms with E-state index in [0.717, 1.165) is 10.6 Å². The van der Waals surface area contributed by atoms with Gasteiger partial charge in [0.05, 0.1) is 6.04 Å². The lowest BCUT2D eigenvalue weighted by Gasteiger charge is -2.33. The molecular weight excluding hydrogens is 315 g/mol. The van der Waals surface area contributed by atoms with Gasteiger partial charge in [0.25, 0.3) is 5.91 Å². The number of nitrogens with one attached hydrogen (secondary N) is 1. The number of aromatic nitrogens is 4. The summed E-state index contributed by atoms with van der Waals surface area (Å²) in [5.41, 5.74) is -0.257. The Balaban J connectivity index is 1.93. The lowest BCUT2D eigenvalue weighted by molar-refractivity contribution is -0.148. The van der Waals surface area contributed by atoms with Gasteiger partial charge in [0, 0.05) is 31.4 Å². The minimum Gasteiger partial charge on any atom is -0.357 e. The number of carbonyl (C=O) groups excluding carboxylic acids is 1. The number of aromatic amines is 1. The van der Waals surface area contributed by atoms with Crippen LogP contribution in [0.25, 0.3) is 0 Å². The van der Waals surface area contributed by atoms with E-state index >= 15 is 0 Å². The Morgan fingerprint density at radius 3 is 2.74 bits per heavy atom. The fourth-order valence-corrected chi connectivity index (χ4v) is 2.60. The van der Waals surface area contributed by atoms with Gasteiger partial charge in [-0.1, -0.05) is 0 Å². The van der Waals surface area contributed by atoms with Crippen molar-refractivity contribution < 1.29 is 18.0 Å². The van der Waals surface area contributed by atoms with Gasteiger partial charge < -0.3 is 14.5 Å². The van der Waals surface area contributed by atoms with Crippen LogP contribution in [0.4, 0.5) is 13.2 Å². The first kappa shape index (κ1) is 15.3. The van der Waals surface area contributed by atoms with Crippen LogP contribution in [0, 0.1) is 0 Å². The van der Waals surface area contributed by atoms with Crippen molar-refractivity contribution in [2.24, 2.45) is 0 Å². The van der Waals surface area contributed by atoms with Crippen LogP contribution < -0.4 is 5.43 Å². The molecule has 1 unspecified atom stereocenters. The Morgan fingerprint density at radius 1 is 1.35 bits per heavy atom. The summed E-state index contributed by atoms with van der Waals surface area (Å²) >= 11 is 0. The van der Waals surface area contributed by atoms with Crippen molar-refractivity contribution in [3.05, 3.63) is 45.9 Å². The number of amides is 1. The van der Waals surface area contributed by atoms with Crippen LogP contribution >= 0.6 is 0 Å². The molecule has 122 valence electrons. The van der Waals surface area contributed by atoms with Crippen molar-refractivity contribution in [2.75, 3.05) is 6.54 Å². The van der Waals surface area contributed by atoms with E-state index in [1.165, 1.54) is 17.2 Å². The Hall–Kier alpha value is -2.65. The number of nitrogens with zero attached hydrogens (tertiary/aromatic N) is 4. The second-order valence-electron chi connectivity index (χ2n) is 5.14. The fourth-order valence-electron chi connectivity index (χ4n) is 2.60. The van der Waals surface area contributed by atoms with Gasteiger partial charge in [-0.15, -0.1) is 10.2 Å². The molecule has 2 aromatic heterocycles. The third-order valence-corrected chi connectivity index (χ3v) is 3.70. The highest BCUT2D eigenvalue weighted by Crippen LogP contribution is 2.32. The lowest BCUT2D eigenvalue weighted by atomic mass is 10.2. The number of halogens is 3. The fraction of sp³-hybridized carbons (Fsp3) is 0.385. The Labute approximate surface area is 127 Å². The van der Waals surface area contributed by atoms with Crippen LogP contribution in [0.1, 0.15) is 35.1 Å². The van der Waals surface area contributed by atoms with Gasteiger partial charge >= 0.3 is 6.18 Å². The van der Waals surface area contributed by atoms with E-state index in [1.54, 1.807) is 6.92 Å². The molecule has 0 aliphatic carbocycles. The van der Waals surface area contributed by atoms with Crippen molar-refractivity contribution in [3.63, 3.8) is 0 Å². The van der Waals surface area contributed by atoms with Gasteiger partial charge in [0.2, 0.25) is 5.82 Å². The van der Waals surface area contributed by atoms with Gasteiger partial charge in [0.15, 0.2) is 11.3 Å². The Bertz CT molecular complexity index is 810. The van der Waals surface area contributed by atoms with Crippen molar-refractivity contribution in [1.82, 2.24) is 24.6 Å². The molecule has 1 amide bonds. The van der Waals surface area contributed by atoms with Crippen molar-refractivity contribution in [3.8, 4) is 0 Å². The van der Waals surface area contributed by atoms with E-state index in [9.17, 15) is 22.8 Å². The van der Waals surface area contributed by atoms with Crippen molar-refractivity contribution >= 4 is 5.91 Å². The molecule has 0 spiro atoms. The summed E-state index contributed by atoms with van der Waals surface area (Å²) in [6, 6.07) is 1.72. The van der Waals surface area contributed by atoms with E-state index in [0.29, 0.717) is 0 Å². The zero-order valence-corrected chi connectivity index (χ0v) is 12.0. The molecule has 1 atom stereocenters. The van der Waals surface area contributed by atoms with Crippen LogP contribution in [0.3, 0.4) is 0 Å². The van der Waals surface area contributed by atoms with Crippen molar-refractivity contribution in [2.45, 2.75) is 25.7 Å². The van der Waals surface area contributed by atoms with Gasteiger partial charge in [-0.05, 0) is 6.92 Å². The summed E-state index contributed by atoms with van der Waals surface area (Å²) in [5.74, 6) is -1.48. The predicted molar refractivity (Wildman–Crippen MR) is 71.5 cm³/mol. The largest absolute Gasteiger partial charge is 0.451 e. The topological polar surface area (TPSA) is 83.9 Å². The number of hydrogen-bond donors (Lipinski definition) is 1. The first-order chi connectivity index (χ1) is 10.8. The van der Waals surface area contributed by atoms with Crippen LogP contribution in [-0.2, 0) is 12.7 Å². The lowest BCUT2D eigenvalue weighted by Crippen LogP contribution is -2.42. The SMILES string of the molecule is CC1c2nnc(C(F)(F)F)n2CCN1C(=O)c1cc(=O)cc[nH]1. The van der Waals surface area contributed by atoms with Crippen LogP contribution in [-0.4, -0.2) is 37.1 Å². The van der Waals surface area contributed by atoms with E-state index < -0.39 is 23.9 Å². The second kappa shape index (κ2) is 5.21. The summed E-state index contributed by atoms with van der Waals surface area (Å²) in [4.78, 5) is 27.8. The first-order valence-electron chi connectivity index (χ1n) is 6.79. The molecule has 2 aromatic rings. The summed E-state index contributed by atoms with van der Waals surface area (Å²) in [6.45, 7) is 1.56. The normalized spacial score (nSPS) is 17.9. The summed E-state index contributed by atoms with van der Waals surface area (Å²) < 4.78 is 39.5. The maximum atomic E-state index is 12.9. The smallest absolute Gasteiger partial charge is 0.357 e. The summed E-state index contributed by atoms with van der Waals surface area (Å²) in [7, 11) is 0. The maximum Gasteiger partial charge on any atom is 0.451 e. The molecule has 23 heavy (non-hydrogen) atoms. The number of carbonyl (C=O) groups is 1. The highest BCUT2D eigenvalue weighted by atomic mass is 19.4. The Kier molecular flexibility index (Phi) is 3.46. The molecule has 0 radical (unpaired) electrons. The van der Waals surface area contributed by atoms with E-state index in [2.05, 4.69) is 15.2 Å². The maximum absolute atomic E-state index is 12.9. The molecule has 1 aliphatic heterocycles. The zero-order chi connectivity index (χ0) is 16.8. The third-order valence-electron chi connectivity index (χ3n) is 3.70. The number of pyridine rings is 1. The number of rotatable bonds is 1. The number of alkyl halides is 3. The van der Waals surface area contributed by atoms with Gasteiger partial charge in [0.1, 0.15) is 5.69 Å². The minimum absolute atomic E-state index is 0.0606. The highest BCUT2D eigenvalue weighted by Gasteiger charge is 2.41. The molecule has 0 saturated carbocycles. The first-order valence-corrected chi connectivity index (χ1v) is 6.79. The molecular formula is C13H12F3N5O2. The molecule has 3 rings (SSSR count). The van der Waals surface area contributed by atoms with Gasteiger partial charge in [-0.3, -0.25) is 9.59 Å². The molecule has 1 aliphatic rings. The second-order valence-corrected chi connectivity index (χ2v) is 5.14. The molecule has 1 N–H and O–H groups in total. The molecule has 10 heteroatoms. The minimum atomic E-state index is -4.60. The van der Waals surface area contributed by atoms with Crippen LogP contribution in [0.2, 0.25) is 0 Å².